The standard InChI is InChI=1S/C24H42/c1-3-5-6-10-22-17-19-24(20-18-22)12-8-7-11-23-15-13-21(9-4-2)14-16-23/h6-7,10-11,21-24H,3-5,8-9,12-20H2,1-2H3. The van der Waals surface area contributed by atoms with E-state index in [4.69, 9.17) is 0 Å². The minimum absolute atomic E-state index is 0.890. The Morgan fingerprint density at radius 1 is 0.583 bits per heavy atom. The topological polar surface area (TPSA) is 0 Å². The van der Waals surface area contributed by atoms with Gasteiger partial charge in [0.15, 0.2) is 0 Å². The monoisotopic (exact) mass is 330 g/mol. The molecule has 0 radical (unpaired) electrons. The zero-order valence-corrected chi connectivity index (χ0v) is 16.5. The Kier molecular flexibility index (Phi) is 9.85. The van der Waals surface area contributed by atoms with E-state index in [1.807, 2.05) is 0 Å². The lowest BCUT2D eigenvalue weighted by molar-refractivity contribution is 0.291. The molecule has 0 aliphatic heterocycles. The van der Waals surface area contributed by atoms with Crippen molar-refractivity contribution in [1.29, 1.82) is 0 Å². The van der Waals surface area contributed by atoms with Crippen LogP contribution in [0, 0.1) is 23.7 Å². The van der Waals surface area contributed by atoms with E-state index >= 15 is 0 Å². The summed E-state index contributed by atoms with van der Waals surface area (Å²) < 4.78 is 0. The predicted octanol–water partition coefficient (Wildman–Crippen LogP) is 8.09. The number of unbranched alkanes of at least 4 members (excludes halogenated alkanes) is 1. The Labute approximate surface area is 152 Å². The first-order valence-electron chi connectivity index (χ1n) is 11.1. The van der Waals surface area contributed by atoms with Crippen LogP contribution in [0.15, 0.2) is 24.3 Å². The van der Waals surface area contributed by atoms with Gasteiger partial charge < -0.3 is 0 Å². The van der Waals surface area contributed by atoms with Crippen LogP contribution in [0.4, 0.5) is 0 Å². The van der Waals surface area contributed by atoms with Crippen LogP contribution < -0.4 is 0 Å². The van der Waals surface area contributed by atoms with Crippen LogP contribution in [0.2, 0.25) is 0 Å². The lowest BCUT2D eigenvalue weighted by atomic mass is 9.79. The Hall–Kier alpha value is -0.520. The van der Waals surface area contributed by atoms with Gasteiger partial charge in [0.2, 0.25) is 0 Å². The van der Waals surface area contributed by atoms with Crippen LogP contribution >= 0.6 is 0 Å². The molecule has 0 atom stereocenters. The smallest absolute Gasteiger partial charge is 0.0233 e. The molecule has 0 heterocycles. The van der Waals surface area contributed by atoms with Gasteiger partial charge in [0.25, 0.3) is 0 Å². The van der Waals surface area contributed by atoms with Gasteiger partial charge >= 0.3 is 0 Å². The van der Waals surface area contributed by atoms with Gasteiger partial charge in [-0.15, -0.1) is 0 Å². The fourth-order valence-corrected chi connectivity index (χ4v) is 4.82. The second kappa shape index (κ2) is 11.9. The maximum Gasteiger partial charge on any atom is -0.0233 e. The lowest BCUT2D eigenvalue weighted by Gasteiger charge is -2.27. The van der Waals surface area contributed by atoms with Crippen molar-refractivity contribution in [3.8, 4) is 0 Å². The highest BCUT2D eigenvalue weighted by Gasteiger charge is 2.20. The van der Waals surface area contributed by atoms with Crippen molar-refractivity contribution in [3.63, 3.8) is 0 Å². The average molecular weight is 331 g/mol. The summed E-state index contributed by atoms with van der Waals surface area (Å²) in [5.74, 6) is 3.84. The third-order valence-electron chi connectivity index (χ3n) is 6.49. The Morgan fingerprint density at radius 3 is 1.58 bits per heavy atom. The molecule has 2 fully saturated rings. The molecule has 0 amide bonds. The normalized spacial score (nSPS) is 31.9. The van der Waals surface area contributed by atoms with Gasteiger partial charge in [-0.25, -0.2) is 0 Å². The average Bonchev–Trinajstić information content (AvgIpc) is 2.62. The molecular formula is C24H42. The fraction of sp³-hybridized carbons (Fsp3) is 0.833. The molecule has 0 aromatic heterocycles. The summed E-state index contributed by atoms with van der Waals surface area (Å²) >= 11 is 0. The van der Waals surface area contributed by atoms with Gasteiger partial charge in [0.1, 0.15) is 0 Å². The molecule has 2 saturated carbocycles. The van der Waals surface area contributed by atoms with E-state index in [-0.39, 0.29) is 0 Å². The van der Waals surface area contributed by atoms with Gasteiger partial charge in [-0.2, -0.15) is 0 Å². The summed E-state index contributed by atoms with van der Waals surface area (Å²) in [4.78, 5) is 0. The summed E-state index contributed by atoms with van der Waals surface area (Å²) in [5.41, 5.74) is 0. The SMILES string of the molecule is CCCC=CC1CCC(CCC=CC2CCC(CCC)CC2)CC1. The molecule has 0 aromatic carbocycles. The maximum absolute atomic E-state index is 2.57. The molecule has 2 aliphatic carbocycles. The number of allylic oxidation sites excluding steroid dienone is 4. The first kappa shape index (κ1) is 19.8. The van der Waals surface area contributed by atoms with Crippen molar-refractivity contribution in [2.45, 2.75) is 104 Å². The summed E-state index contributed by atoms with van der Waals surface area (Å²) in [7, 11) is 0. The number of hydrogen-bond donors (Lipinski definition) is 0. The van der Waals surface area contributed by atoms with Crippen LogP contribution in [0.1, 0.15) is 104 Å². The molecule has 0 heteroatoms. The summed E-state index contributed by atoms with van der Waals surface area (Å²) in [6.07, 6.45) is 29.9. The highest BCUT2D eigenvalue weighted by molar-refractivity contribution is 4.93. The largest absolute Gasteiger partial charge is 0.0883 e. The van der Waals surface area contributed by atoms with Crippen molar-refractivity contribution in [2.75, 3.05) is 0 Å². The minimum atomic E-state index is 0.890. The predicted molar refractivity (Wildman–Crippen MR) is 108 cm³/mol. The molecule has 0 spiro atoms. The van der Waals surface area contributed by atoms with Crippen molar-refractivity contribution in [2.24, 2.45) is 23.7 Å². The van der Waals surface area contributed by atoms with Crippen molar-refractivity contribution < 1.29 is 0 Å². The van der Waals surface area contributed by atoms with E-state index in [1.54, 1.807) is 0 Å². The third-order valence-corrected chi connectivity index (χ3v) is 6.49. The van der Waals surface area contributed by atoms with Gasteiger partial charge in [0, 0.05) is 0 Å². The first-order chi connectivity index (χ1) is 11.8. The fourth-order valence-electron chi connectivity index (χ4n) is 4.82. The summed E-state index contributed by atoms with van der Waals surface area (Å²) in [6.45, 7) is 4.60. The third kappa shape index (κ3) is 7.58. The molecule has 24 heavy (non-hydrogen) atoms. The Bertz CT molecular complexity index is 348. The van der Waals surface area contributed by atoms with Crippen LogP contribution in [0.3, 0.4) is 0 Å². The van der Waals surface area contributed by atoms with Crippen molar-refractivity contribution in [3.05, 3.63) is 24.3 Å². The second-order valence-corrected chi connectivity index (χ2v) is 8.57. The molecule has 2 rings (SSSR count). The Morgan fingerprint density at radius 2 is 1.08 bits per heavy atom. The van der Waals surface area contributed by atoms with E-state index < -0.39 is 0 Å². The zero-order valence-electron chi connectivity index (χ0n) is 16.5. The van der Waals surface area contributed by atoms with E-state index in [0.717, 1.165) is 23.7 Å². The molecule has 0 unspecified atom stereocenters. The van der Waals surface area contributed by atoms with E-state index in [9.17, 15) is 0 Å². The van der Waals surface area contributed by atoms with Gasteiger partial charge in [-0.3, -0.25) is 0 Å². The lowest BCUT2D eigenvalue weighted by Crippen LogP contribution is -2.13. The molecule has 0 nitrogen and oxygen atoms in total. The highest BCUT2D eigenvalue weighted by Crippen LogP contribution is 2.34. The second-order valence-electron chi connectivity index (χ2n) is 8.57. The van der Waals surface area contributed by atoms with Crippen molar-refractivity contribution >= 4 is 0 Å². The van der Waals surface area contributed by atoms with E-state index in [2.05, 4.69) is 38.2 Å². The van der Waals surface area contributed by atoms with Gasteiger partial charge in [-0.05, 0) is 94.3 Å². The van der Waals surface area contributed by atoms with E-state index in [1.165, 1.54) is 89.9 Å². The molecule has 0 saturated heterocycles. The van der Waals surface area contributed by atoms with Gasteiger partial charge in [-0.1, -0.05) is 57.4 Å². The van der Waals surface area contributed by atoms with Crippen LogP contribution in [0.5, 0.6) is 0 Å². The summed E-state index contributed by atoms with van der Waals surface area (Å²) in [5, 5.41) is 0. The van der Waals surface area contributed by atoms with Gasteiger partial charge in [0.05, 0.1) is 0 Å². The van der Waals surface area contributed by atoms with Crippen molar-refractivity contribution in [1.82, 2.24) is 0 Å². The van der Waals surface area contributed by atoms with Crippen LogP contribution in [0.25, 0.3) is 0 Å². The molecule has 0 bridgehead atoms. The molecule has 0 aromatic rings. The van der Waals surface area contributed by atoms with Crippen LogP contribution in [-0.2, 0) is 0 Å². The number of hydrogen-bond acceptors (Lipinski definition) is 0. The first-order valence-corrected chi connectivity index (χ1v) is 11.1. The Balaban J connectivity index is 1.54. The van der Waals surface area contributed by atoms with Crippen LogP contribution in [-0.4, -0.2) is 0 Å². The maximum atomic E-state index is 2.57. The quantitative estimate of drug-likeness (QED) is 0.375. The number of rotatable bonds is 9. The minimum Gasteiger partial charge on any atom is -0.0883 e. The molecular weight excluding hydrogens is 288 g/mol. The zero-order chi connectivity index (χ0) is 17.0. The van der Waals surface area contributed by atoms with E-state index in [0.29, 0.717) is 0 Å². The molecule has 2 aliphatic rings. The molecule has 138 valence electrons. The highest BCUT2D eigenvalue weighted by atomic mass is 14.3. The summed E-state index contributed by atoms with van der Waals surface area (Å²) in [6, 6.07) is 0. The molecule has 0 N–H and O–H groups in total.